The van der Waals surface area contributed by atoms with Crippen molar-refractivity contribution >= 4 is 29.3 Å². The van der Waals surface area contributed by atoms with Crippen LogP contribution in [0.3, 0.4) is 0 Å². The molecule has 1 atom stereocenters. The Morgan fingerprint density at radius 1 is 1.39 bits per heavy atom. The summed E-state index contributed by atoms with van der Waals surface area (Å²) in [5, 5.41) is 28.9. The first-order valence-corrected chi connectivity index (χ1v) is 7.97. The number of hydrogen-bond acceptors (Lipinski definition) is 3. The molecule has 0 unspecified atom stereocenters. The summed E-state index contributed by atoms with van der Waals surface area (Å²) < 4.78 is 0. The number of phenols is 1. The first kappa shape index (κ1) is 19.6. The number of nitrogens with zero attached hydrogens (tertiary/aromatic N) is 1. The van der Waals surface area contributed by atoms with Gasteiger partial charge in [0.1, 0.15) is 5.75 Å². The quantitative estimate of drug-likeness (QED) is 0.638. The van der Waals surface area contributed by atoms with Gasteiger partial charge in [0.2, 0.25) is 0 Å². The number of carbonyl (C=O) groups is 1. The third-order valence-electron chi connectivity index (χ3n) is 3.60. The lowest BCUT2D eigenvalue weighted by Gasteiger charge is -2.25. The van der Waals surface area contributed by atoms with E-state index in [1.807, 2.05) is 0 Å². The van der Waals surface area contributed by atoms with Crippen molar-refractivity contribution in [1.29, 1.82) is 0 Å². The van der Waals surface area contributed by atoms with Gasteiger partial charge in [0, 0.05) is 31.2 Å². The molecule has 0 aliphatic carbocycles. The Bertz CT molecular complexity index is 590. The zero-order valence-electron chi connectivity index (χ0n) is 13.1. The summed E-state index contributed by atoms with van der Waals surface area (Å²) in [5.41, 5.74) is 1.25. The molecule has 1 aromatic rings. The van der Waals surface area contributed by atoms with E-state index in [0.29, 0.717) is 17.0 Å². The Morgan fingerprint density at radius 2 is 2.04 bits per heavy atom. The number of benzene rings is 1. The van der Waals surface area contributed by atoms with Crippen molar-refractivity contribution in [2.75, 3.05) is 19.7 Å². The van der Waals surface area contributed by atoms with Gasteiger partial charge in [-0.05, 0) is 25.5 Å². The van der Waals surface area contributed by atoms with Crippen LogP contribution < -0.4 is 0 Å². The molecule has 1 aromatic carbocycles. The van der Waals surface area contributed by atoms with Gasteiger partial charge in [-0.25, -0.2) is 4.79 Å². The van der Waals surface area contributed by atoms with E-state index < -0.39 is 6.09 Å². The summed E-state index contributed by atoms with van der Waals surface area (Å²) in [5.74, 6) is -0.358. The van der Waals surface area contributed by atoms with E-state index in [9.17, 15) is 15.0 Å². The van der Waals surface area contributed by atoms with E-state index in [-0.39, 0.29) is 36.4 Å². The Morgan fingerprint density at radius 3 is 2.57 bits per heavy atom. The summed E-state index contributed by atoms with van der Waals surface area (Å²) in [7, 11) is 0. The first-order chi connectivity index (χ1) is 10.8. The Hall–Kier alpha value is -1.43. The van der Waals surface area contributed by atoms with Gasteiger partial charge in [-0.15, -0.1) is 0 Å². The van der Waals surface area contributed by atoms with E-state index in [4.69, 9.17) is 28.3 Å². The number of hydrogen-bond donors (Lipinski definition) is 3. The van der Waals surface area contributed by atoms with Crippen LogP contribution in [0.2, 0.25) is 10.0 Å². The molecular formula is C16H21Cl2NO4. The first-order valence-electron chi connectivity index (χ1n) is 7.21. The van der Waals surface area contributed by atoms with Gasteiger partial charge < -0.3 is 20.2 Å². The summed E-state index contributed by atoms with van der Waals surface area (Å²) in [6.45, 7) is 3.87. The maximum atomic E-state index is 11.5. The maximum absolute atomic E-state index is 11.5. The van der Waals surface area contributed by atoms with Gasteiger partial charge in [-0.1, -0.05) is 41.8 Å². The zero-order valence-corrected chi connectivity index (χ0v) is 14.6. The SMILES string of the molecule is C/C=C(\CCO)CN(C[C@H](C)c1c(O)ccc(Cl)c1Cl)C(=O)O. The van der Waals surface area contributed by atoms with Crippen LogP contribution in [-0.2, 0) is 0 Å². The highest BCUT2D eigenvalue weighted by atomic mass is 35.5. The molecule has 0 saturated heterocycles. The number of aliphatic hydroxyl groups excluding tert-OH is 1. The molecule has 0 aliphatic rings. The molecule has 0 fully saturated rings. The van der Waals surface area contributed by atoms with Crippen LogP contribution in [-0.4, -0.2) is 46.0 Å². The van der Waals surface area contributed by atoms with Gasteiger partial charge in [-0.3, -0.25) is 0 Å². The molecule has 23 heavy (non-hydrogen) atoms. The van der Waals surface area contributed by atoms with Crippen molar-refractivity contribution in [3.8, 4) is 5.75 Å². The van der Waals surface area contributed by atoms with Crippen LogP contribution in [0.1, 0.15) is 31.7 Å². The van der Waals surface area contributed by atoms with Gasteiger partial charge in [0.05, 0.1) is 10.0 Å². The normalized spacial score (nSPS) is 13.0. The number of phenolic OH excluding ortho intramolecular Hbond substituents is 1. The van der Waals surface area contributed by atoms with E-state index in [1.165, 1.54) is 17.0 Å². The number of rotatable bonds is 7. The van der Waals surface area contributed by atoms with Crippen LogP contribution in [0.15, 0.2) is 23.8 Å². The number of allylic oxidation sites excluding steroid dienone is 1. The van der Waals surface area contributed by atoms with Gasteiger partial charge in [0.25, 0.3) is 0 Å². The lowest BCUT2D eigenvalue weighted by Crippen LogP contribution is -2.34. The zero-order chi connectivity index (χ0) is 17.6. The smallest absolute Gasteiger partial charge is 0.407 e. The average Bonchev–Trinajstić information content (AvgIpc) is 2.49. The molecule has 0 heterocycles. The minimum atomic E-state index is -1.08. The minimum Gasteiger partial charge on any atom is -0.508 e. The number of halogens is 2. The molecule has 1 rings (SSSR count). The second-order valence-electron chi connectivity index (χ2n) is 5.28. The standard InChI is InChI=1S/C16H21Cl2NO4/c1-3-11(6-7-20)9-19(16(22)23)8-10(2)14-13(21)5-4-12(17)15(14)18/h3-5,10,20-21H,6-9H2,1-2H3,(H,22,23)/b11-3+/t10-/m0/s1. The summed E-state index contributed by atoms with van der Waals surface area (Å²) in [6.07, 6.45) is 1.13. The van der Waals surface area contributed by atoms with E-state index in [0.717, 1.165) is 5.57 Å². The van der Waals surface area contributed by atoms with Crippen molar-refractivity contribution in [2.24, 2.45) is 0 Å². The molecule has 7 heteroatoms. The van der Waals surface area contributed by atoms with Crippen LogP contribution in [0, 0.1) is 0 Å². The Labute approximate surface area is 145 Å². The highest BCUT2D eigenvalue weighted by Gasteiger charge is 2.22. The molecule has 0 bridgehead atoms. The van der Waals surface area contributed by atoms with Gasteiger partial charge in [0.15, 0.2) is 0 Å². The molecule has 0 saturated carbocycles. The molecule has 128 valence electrons. The van der Waals surface area contributed by atoms with Crippen LogP contribution in [0.4, 0.5) is 4.79 Å². The highest BCUT2D eigenvalue weighted by Crippen LogP contribution is 2.37. The molecule has 0 spiro atoms. The second kappa shape index (κ2) is 9.01. The maximum Gasteiger partial charge on any atom is 0.407 e. The molecule has 1 amide bonds. The van der Waals surface area contributed by atoms with Crippen LogP contribution >= 0.6 is 23.2 Å². The number of carboxylic acid groups (broad SMARTS) is 1. The summed E-state index contributed by atoms with van der Waals surface area (Å²) in [6, 6.07) is 2.93. The second-order valence-corrected chi connectivity index (χ2v) is 6.06. The van der Waals surface area contributed by atoms with Gasteiger partial charge in [-0.2, -0.15) is 0 Å². The van der Waals surface area contributed by atoms with Gasteiger partial charge >= 0.3 is 6.09 Å². The fourth-order valence-corrected chi connectivity index (χ4v) is 2.87. The van der Waals surface area contributed by atoms with Crippen LogP contribution in [0.5, 0.6) is 5.75 Å². The van der Waals surface area contributed by atoms with E-state index >= 15 is 0 Å². The fourth-order valence-electron chi connectivity index (χ4n) is 2.36. The van der Waals surface area contributed by atoms with E-state index in [2.05, 4.69) is 0 Å². The van der Waals surface area contributed by atoms with Crippen molar-refractivity contribution in [3.05, 3.63) is 39.4 Å². The van der Waals surface area contributed by atoms with Crippen LogP contribution in [0.25, 0.3) is 0 Å². The molecule has 5 nitrogen and oxygen atoms in total. The summed E-state index contributed by atoms with van der Waals surface area (Å²) >= 11 is 12.1. The predicted octanol–water partition coefficient (Wildman–Crippen LogP) is 4.11. The number of amides is 1. The average molecular weight is 362 g/mol. The molecule has 0 aromatic heterocycles. The van der Waals surface area contributed by atoms with Crippen molar-refractivity contribution in [3.63, 3.8) is 0 Å². The monoisotopic (exact) mass is 361 g/mol. The Balaban J connectivity index is 2.97. The lowest BCUT2D eigenvalue weighted by atomic mass is 9.99. The minimum absolute atomic E-state index is 0.0149. The summed E-state index contributed by atoms with van der Waals surface area (Å²) in [4.78, 5) is 12.7. The molecular weight excluding hydrogens is 341 g/mol. The van der Waals surface area contributed by atoms with E-state index in [1.54, 1.807) is 19.9 Å². The number of aliphatic hydroxyl groups is 1. The third kappa shape index (κ3) is 5.30. The Kier molecular flexibility index (Phi) is 7.68. The lowest BCUT2D eigenvalue weighted by molar-refractivity contribution is 0.145. The largest absolute Gasteiger partial charge is 0.508 e. The third-order valence-corrected chi connectivity index (χ3v) is 4.42. The highest BCUT2D eigenvalue weighted by molar-refractivity contribution is 6.42. The molecule has 0 radical (unpaired) electrons. The molecule has 0 aliphatic heterocycles. The fraction of sp³-hybridized carbons (Fsp3) is 0.438. The van der Waals surface area contributed by atoms with Crippen molar-refractivity contribution in [1.82, 2.24) is 4.90 Å². The van der Waals surface area contributed by atoms with Crippen molar-refractivity contribution < 1.29 is 20.1 Å². The topological polar surface area (TPSA) is 81.0 Å². The molecule has 3 N–H and O–H groups in total. The number of aromatic hydroxyl groups is 1. The van der Waals surface area contributed by atoms with Crippen molar-refractivity contribution in [2.45, 2.75) is 26.2 Å². The predicted molar refractivity (Wildman–Crippen MR) is 91.6 cm³/mol.